The molecule has 32 heavy (non-hydrogen) atoms. The first-order chi connectivity index (χ1) is 15.9. The van der Waals surface area contributed by atoms with Crippen molar-refractivity contribution in [2.75, 3.05) is 26.2 Å². The molecule has 4 aliphatic carbocycles. The van der Waals surface area contributed by atoms with Crippen LogP contribution in [0.25, 0.3) is 0 Å². The highest BCUT2D eigenvalue weighted by Crippen LogP contribution is 2.31. The van der Waals surface area contributed by atoms with Crippen LogP contribution in [-0.2, 0) is 0 Å². The van der Waals surface area contributed by atoms with E-state index in [1.165, 1.54) is 129 Å². The van der Waals surface area contributed by atoms with Crippen LogP contribution in [0.3, 0.4) is 0 Å². The van der Waals surface area contributed by atoms with E-state index in [-0.39, 0.29) is 0 Å². The van der Waals surface area contributed by atoms with Crippen LogP contribution in [0.1, 0.15) is 103 Å². The maximum Gasteiger partial charge on any atom is 0.0108 e. The van der Waals surface area contributed by atoms with E-state index in [1.54, 1.807) is 0 Å². The van der Waals surface area contributed by atoms with Crippen molar-refractivity contribution in [3.05, 3.63) is 0 Å². The Morgan fingerprint density at radius 3 is 0.750 bits per heavy atom. The summed E-state index contributed by atoms with van der Waals surface area (Å²) in [4.78, 5) is 0. The lowest BCUT2D eigenvalue weighted by molar-refractivity contribution is 0.166. The van der Waals surface area contributed by atoms with Gasteiger partial charge in [0, 0.05) is 24.2 Å². The van der Waals surface area contributed by atoms with E-state index < -0.39 is 0 Å². The van der Waals surface area contributed by atoms with Gasteiger partial charge in [-0.15, -0.1) is 0 Å². The molecule has 1 heterocycles. The number of nitrogens with one attached hydrogen (secondary N) is 4. The molecule has 0 bridgehead atoms. The van der Waals surface area contributed by atoms with E-state index >= 15 is 0 Å². The molecule has 1 aliphatic heterocycles. The Bertz CT molecular complexity index is 410. The molecule has 0 aromatic carbocycles. The largest absolute Gasteiger partial charge is 0.313 e. The molecule has 0 spiro atoms. The molecule has 184 valence electrons. The first-order valence-corrected chi connectivity index (χ1v) is 14.8. The molecule has 8 atom stereocenters. The fourth-order valence-corrected chi connectivity index (χ4v) is 8.09. The lowest BCUT2D eigenvalue weighted by Crippen LogP contribution is -2.54. The molecule has 5 rings (SSSR count). The van der Waals surface area contributed by atoms with Crippen molar-refractivity contribution in [3.8, 4) is 0 Å². The van der Waals surface area contributed by atoms with Gasteiger partial charge in [0.25, 0.3) is 0 Å². The van der Waals surface area contributed by atoms with Gasteiger partial charge < -0.3 is 21.3 Å². The van der Waals surface area contributed by atoms with Gasteiger partial charge >= 0.3 is 0 Å². The summed E-state index contributed by atoms with van der Waals surface area (Å²) in [7, 11) is 0. The van der Waals surface area contributed by atoms with Crippen LogP contribution >= 0.6 is 0 Å². The highest BCUT2D eigenvalue weighted by atomic mass is 15.0. The third-order valence-corrected chi connectivity index (χ3v) is 10.2. The van der Waals surface area contributed by atoms with Gasteiger partial charge in [0.05, 0.1) is 0 Å². The Morgan fingerprint density at radius 2 is 0.500 bits per heavy atom. The molecular weight excluding hydrogens is 392 g/mol. The first-order valence-electron chi connectivity index (χ1n) is 14.8. The minimum atomic E-state index is 0.745. The molecule has 4 N–H and O–H groups in total. The topological polar surface area (TPSA) is 48.1 Å². The summed E-state index contributed by atoms with van der Waals surface area (Å²) in [5.74, 6) is 3.35. The third-order valence-electron chi connectivity index (χ3n) is 10.2. The van der Waals surface area contributed by atoms with Gasteiger partial charge in [0.15, 0.2) is 0 Å². The molecule has 8 unspecified atom stereocenters. The van der Waals surface area contributed by atoms with Crippen LogP contribution in [0.5, 0.6) is 0 Å². The van der Waals surface area contributed by atoms with Gasteiger partial charge in [-0.3, -0.25) is 0 Å². The Hall–Kier alpha value is -0.160. The number of fused-ring (bicyclic) bond motifs is 4. The molecule has 0 radical (unpaired) electrons. The second kappa shape index (κ2) is 12.0. The first kappa shape index (κ1) is 23.6. The standard InChI is InChI=1S/C28H52N4/c1-5-13-25-21(9-1)17-29-26-14-6-2-11-23(26)19-31-28-16-8-4-12-24(28)20-32-27-15-7-3-10-22(27)18-30-25/h21-32H,1-20H2. The summed E-state index contributed by atoms with van der Waals surface area (Å²) < 4.78 is 0. The van der Waals surface area contributed by atoms with E-state index in [4.69, 9.17) is 0 Å². The van der Waals surface area contributed by atoms with Gasteiger partial charge in [0.2, 0.25) is 0 Å². The molecule has 4 saturated carbocycles. The minimum absolute atomic E-state index is 0.745. The number of hydrogen-bond acceptors (Lipinski definition) is 4. The molecule has 5 fully saturated rings. The summed E-state index contributed by atoms with van der Waals surface area (Å²) in [6.45, 7) is 4.99. The van der Waals surface area contributed by atoms with Gasteiger partial charge in [-0.2, -0.15) is 0 Å². The molecule has 4 heteroatoms. The van der Waals surface area contributed by atoms with E-state index in [1.807, 2.05) is 0 Å². The summed E-state index contributed by atoms with van der Waals surface area (Å²) in [6.07, 6.45) is 22.8. The van der Waals surface area contributed by atoms with E-state index in [0.717, 1.165) is 47.8 Å². The highest BCUT2D eigenvalue weighted by molar-refractivity contribution is 4.92. The Morgan fingerprint density at radius 1 is 0.281 bits per heavy atom. The maximum absolute atomic E-state index is 4.14. The SMILES string of the molecule is C1CCC2NCC3CCCCC3NCC3CCCCC3NCC3CCCCC3NCC2C1. The van der Waals surface area contributed by atoms with Gasteiger partial charge in [-0.25, -0.2) is 0 Å². The summed E-state index contributed by atoms with van der Waals surface area (Å²) in [5, 5.41) is 16.6. The van der Waals surface area contributed by atoms with Crippen LogP contribution in [0.2, 0.25) is 0 Å². The van der Waals surface area contributed by atoms with Crippen molar-refractivity contribution in [2.24, 2.45) is 23.7 Å². The lowest BCUT2D eigenvalue weighted by Gasteiger charge is -2.41. The van der Waals surface area contributed by atoms with E-state index in [9.17, 15) is 0 Å². The molecule has 0 aromatic heterocycles. The lowest BCUT2D eigenvalue weighted by atomic mass is 9.79. The second-order valence-electron chi connectivity index (χ2n) is 12.2. The Kier molecular flexibility index (Phi) is 8.84. The maximum atomic E-state index is 4.14. The van der Waals surface area contributed by atoms with Crippen molar-refractivity contribution in [2.45, 2.75) is 127 Å². The fraction of sp³-hybridized carbons (Fsp3) is 1.00. The van der Waals surface area contributed by atoms with Crippen LogP contribution in [-0.4, -0.2) is 50.3 Å². The monoisotopic (exact) mass is 444 g/mol. The zero-order valence-electron chi connectivity index (χ0n) is 20.8. The van der Waals surface area contributed by atoms with Gasteiger partial charge in [-0.1, -0.05) is 51.4 Å². The van der Waals surface area contributed by atoms with Crippen molar-refractivity contribution in [1.82, 2.24) is 21.3 Å². The van der Waals surface area contributed by atoms with Crippen LogP contribution in [0.15, 0.2) is 0 Å². The average Bonchev–Trinajstić information content (AvgIpc) is 2.85. The Labute approximate surface area is 198 Å². The molecule has 4 nitrogen and oxygen atoms in total. The smallest absolute Gasteiger partial charge is 0.0108 e. The van der Waals surface area contributed by atoms with Crippen molar-refractivity contribution in [3.63, 3.8) is 0 Å². The quantitative estimate of drug-likeness (QED) is 0.441. The predicted molar refractivity (Wildman–Crippen MR) is 135 cm³/mol. The van der Waals surface area contributed by atoms with E-state index in [0.29, 0.717) is 0 Å². The van der Waals surface area contributed by atoms with Crippen LogP contribution < -0.4 is 21.3 Å². The highest BCUT2D eigenvalue weighted by Gasteiger charge is 2.33. The predicted octanol–water partition coefficient (Wildman–Crippen LogP) is 4.59. The molecule has 0 amide bonds. The molecule has 1 saturated heterocycles. The molecular formula is C28H52N4. The van der Waals surface area contributed by atoms with Crippen molar-refractivity contribution >= 4 is 0 Å². The molecule has 0 aromatic rings. The average molecular weight is 445 g/mol. The van der Waals surface area contributed by atoms with Crippen molar-refractivity contribution < 1.29 is 0 Å². The molecule has 5 aliphatic rings. The number of hydrogen-bond donors (Lipinski definition) is 4. The van der Waals surface area contributed by atoms with Crippen molar-refractivity contribution in [1.29, 1.82) is 0 Å². The van der Waals surface area contributed by atoms with Gasteiger partial charge in [0.1, 0.15) is 0 Å². The zero-order valence-corrected chi connectivity index (χ0v) is 20.8. The zero-order chi connectivity index (χ0) is 21.6. The van der Waals surface area contributed by atoms with Gasteiger partial charge in [-0.05, 0) is 101 Å². The fourth-order valence-electron chi connectivity index (χ4n) is 8.09. The van der Waals surface area contributed by atoms with E-state index in [2.05, 4.69) is 21.3 Å². The second-order valence-corrected chi connectivity index (χ2v) is 12.2. The summed E-state index contributed by atoms with van der Waals surface area (Å²) in [6, 6.07) is 2.98. The summed E-state index contributed by atoms with van der Waals surface area (Å²) >= 11 is 0. The third kappa shape index (κ3) is 6.09. The van der Waals surface area contributed by atoms with Crippen LogP contribution in [0, 0.1) is 23.7 Å². The normalized spacial score (nSPS) is 45.0. The van der Waals surface area contributed by atoms with Crippen LogP contribution in [0.4, 0.5) is 0 Å². The summed E-state index contributed by atoms with van der Waals surface area (Å²) in [5.41, 5.74) is 0. The number of rotatable bonds is 0. The minimum Gasteiger partial charge on any atom is -0.313 e. The Balaban J connectivity index is 1.29.